The third kappa shape index (κ3) is 3.62. The quantitative estimate of drug-likeness (QED) is 0.759. The molecule has 1 heterocycles. The number of halogens is 1. The zero-order valence-corrected chi connectivity index (χ0v) is 13.1. The Morgan fingerprint density at radius 2 is 1.81 bits per heavy atom. The van der Waals surface area contributed by atoms with E-state index in [0.717, 1.165) is 28.4 Å². The first-order valence-corrected chi connectivity index (χ1v) is 8.14. The van der Waals surface area contributed by atoms with Crippen molar-refractivity contribution < 1.29 is 5.11 Å². The van der Waals surface area contributed by atoms with Gasteiger partial charge in [-0.05, 0) is 42.2 Å². The molecule has 0 bridgehead atoms. The molecule has 108 valence electrons. The number of para-hydroxylation sites is 1. The van der Waals surface area contributed by atoms with E-state index >= 15 is 0 Å². The van der Waals surface area contributed by atoms with Crippen molar-refractivity contribution in [3.8, 4) is 0 Å². The summed E-state index contributed by atoms with van der Waals surface area (Å²) in [6, 6.07) is 16.0. The molecule has 3 aromatic rings. The summed E-state index contributed by atoms with van der Waals surface area (Å²) < 4.78 is 1.20. The van der Waals surface area contributed by atoms with Crippen LogP contribution in [-0.2, 0) is 12.8 Å². The molecule has 0 fully saturated rings. The molecular formula is C17H16ClNOS. The predicted molar refractivity (Wildman–Crippen MR) is 89.1 cm³/mol. The van der Waals surface area contributed by atoms with Gasteiger partial charge in [0.05, 0.1) is 15.2 Å². The standard InChI is InChI=1S/C17H16ClNOS/c18-14-7-5-12(6-8-14)9-13(11-20)10-17-19-15-3-1-2-4-16(15)21-17/h1-8,13,20H,9-11H2. The zero-order valence-electron chi connectivity index (χ0n) is 11.5. The van der Waals surface area contributed by atoms with Gasteiger partial charge in [-0.25, -0.2) is 4.98 Å². The third-order valence-electron chi connectivity index (χ3n) is 3.50. The lowest BCUT2D eigenvalue weighted by Crippen LogP contribution is -2.12. The molecule has 0 saturated carbocycles. The highest BCUT2D eigenvalue weighted by atomic mass is 35.5. The molecule has 21 heavy (non-hydrogen) atoms. The van der Waals surface area contributed by atoms with Crippen LogP contribution >= 0.6 is 22.9 Å². The molecular weight excluding hydrogens is 302 g/mol. The molecule has 0 spiro atoms. The van der Waals surface area contributed by atoms with Gasteiger partial charge in [0, 0.05) is 18.1 Å². The molecule has 0 aliphatic rings. The zero-order chi connectivity index (χ0) is 14.7. The second kappa shape index (κ2) is 6.56. The number of nitrogens with zero attached hydrogens (tertiary/aromatic N) is 1. The molecule has 1 atom stereocenters. The van der Waals surface area contributed by atoms with Gasteiger partial charge in [-0.15, -0.1) is 11.3 Å². The van der Waals surface area contributed by atoms with E-state index in [-0.39, 0.29) is 12.5 Å². The minimum atomic E-state index is 0.165. The van der Waals surface area contributed by atoms with Crippen molar-refractivity contribution in [3.63, 3.8) is 0 Å². The number of benzene rings is 2. The van der Waals surface area contributed by atoms with Crippen LogP contribution in [0.1, 0.15) is 10.6 Å². The smallest absolute Gasteiger partial charge is 0.0942 e. The maximum Gasteiger partial charge on any atom is 0.0942 e. The highest BCUT2D eigenvalue weighted by Gasteiger charge is 2.13. The fourth-order valence-electron chi connectivity index (χ4n) is 2.41. The number of thiazole rings is 1. The second-order valence-electron chi connectivity index (χ2n) is 5.16. The SMILES string of the molecule is OCC(Cc1ccc(Cl)cc1)Cc1nc2ccccc2s1. The Hall–Kier alpha value is -1.42. The average Bonchev–Trinajstić information content (AvgIpc) is 2.91. The van der Waals surface area contributed by atoms with Gasteiger partial charge in [-0.3, -0.25) is 0 Å². The summed E-state index contributed by atoms with van der Waals surface area (Å²) >= 11 is 7.61. The first kappa shape index (κ1) is 14.5. The van der Waals surface area contributed by atoms with Gasteiger partial charge >= 0.3 is 0 Å². The van der Waals surface area contributed by atoms with Crippen molar-refractivity contribution in [1.82, 2.24) is 4.98 Å². The van der Waals surface area contributed by atoms with Crippen LogP contribution in [0.25, 0.3) is 10.2 Å². The number of hydrogen-bond acceptors (Lipinski definition) is 3. The van der Waals surface area contributed by atoms with Gasteiger partial charge in [0.2, 0.25) is 0 Å². The lowest BCUT2D eigenvalue weighted by Gasteiger charge is -2.12. The molecule has 1 unspecified atom stereocenters. The van der Waals surface area contributed by atoms with E-state index in [1.807, 2.05) is 42.5 Å². The van der Waals surface area contributed by atoms with Gasteiger partial charge < -0.3 is 5.11 Å². The number of fused-ring (bicyclic) bond motifs is 1. The number of aliphatic hydroxyl groups is 1. The highest BCUT2D eigenvalue weighted by molar-refractivity contribution is 7.18. The summed E-state index contributed by atoms with van der Waals surface area (Å²) in [5.74, 6) is 0.187. The van der Waals surface area contributed by atoms with Crippen molar-refractivity contribution in [2.24, 2.45) is 5.92 Å². The van der Waals surface area contributed by atoms with E-state index in [4.69, 9.17) is 11.6 Å². The van der Waals surface area contributed by atoms with Crippen molar-refractivity contribution in [1.29, 1.82) is 0 Å². The van der Waals surface area contributed by atoms with Crippen LogP contribution in [0.15, 0.2) is 48.5 Å². The molecule has 1 N–H and O–H groups in total. The van der Waals surface area contributed by atoms with Crippen LogP contribution in [0.5, 0.6) is 0 Å². The Bertz CT molecular complexity index is 690. The molecule has 0 radical (unpaired) electrons. The summed E-state index contributed by atoms with van der Waals surface area (Å²) in [6.07, 6.45) is 1.64. The Kier molecular flexibility index (Phi) is 4.54. The van der Waals surface area contributed by atoms with Gasteiger partial charge in [-0.2, -0.15) is 0 Å². The summed E-state index contributed by atoms with van der Waals surface area (Å²) in [5.41, 5.74) is 2.24. The van der Waals surface area contributed by atoms with E-state index in [2.05, 4.69) is 11.1 Å². The summed E-state index contributed by atoms with van der Waals surface area (Å²) in [5, 5.41) is 11.5. The monoisotopic (exact) mass is 317 g/mol. The predicted octanol–water partition coefficient (Wildman–Crippen LogP) is 4.34. The largest absolute Gasteiger partial charge is 0.396 e. The minimum Gasteiger partial charge on any atom is -0.396 e. The number of hydrogen-bond donors (Lipinski definition) is 1. The molecule has 4 heteroatoms. The highest BCUT2D eigenvalue weighted by Crippen LogP contribution is 2.25. The summed E-state index contributed by atoms with van der Waals surface area (Å²) in [6.45, 7) is 0.165. The number of rotatable bonds is 5. The maximum absolute atomic E-state index is 9.63. The maximum atomic E-state index is 9.63. The van der Waals surface area contributed by atoms with Crippen LogP contribution in [-0.4, -0.2) is 16.7 Å². The molecule has 0 saturated heterocycles. The fraction of sp³-hybridized carbons (Fsp3) is 0.235. The van der Waals surface area contributed by atoms with Crippen molar-refractivity contribution in [3.05, 3.63) is 64.1 Å². The van der Waals surface area contributed by atoms with Gasteiger partial charge in [0.15, 0.2) is 0 Å². The Balaban J connectivity index is 1.73. The van der Waals surface area contributed by atoms with Gasteiger partial charge in [-0.1, -0.05) is 35.9 Å². The van der Waals surface area contributed by atoms with Crippen LogP contribution in [0.3, 0.4) is 0 Å². The van der Waals surface area contributed by atoms with Crippen LogP contribution in [0.2, 0.25) is 5.02 Å². The van der Waals surface area contributed by atoms with Crippen LogP contribution in [0.4, 0.5) is 0 Å². The molecule has 2 aromatic carbocycles. The van der Waals surface area contributed by atoms with Crippen molar-refractivity contribution in [2.75, 3.05) is 6.61 Å². The number of aromatic nitrogens is 1. The second-order valence-corrected chi connectivity index (χ2v) is 6.71. The minimum absolute atomic E-state index is 0.165. The van der Waals surface area contributed by atoms with Gasteiger partial charge in [0.25, 0.3) is 0 Å². The Labute approximate surface area is 133 Å². The number of aliphatic hydroxyl groups excluding tert-OH is 1. The van der Waals surface area contributed by atoms with E-state index in [1.165, 1.54) is 10.3 Å². The lowest BCUT2D eigenvalue weighted by atomic mass is 9.97. The van der Waals surface area contributed by atoms with E-state index in [9.17, 15) is 5.11 Å². The van der Waals surface area contributed by atoms with Crippen LogP contribution in [0, 0.1) is 5.92 Å². The Morgan fingerprint density at radius 3 is 2.52 bits per heavy atom. The van der Waals surface area contributed by atoms with Crippen molar-refractivity contribution >= 4 is 33.2 Å². The van der Waals surface area contributed by atoms with E-state index < -0.39 is 0 Å². The molecule has 0 aliphatic heterocycles. The average molecular weight is 318 g/mol. The molecule has 0 amide bonds. The summed E-state index contributed by atoms with van der Waals surface area (Å²) in [7, 11) is 0. The van der Waals surface area contributed by atoms with E-state index in [1.54, 1.807) is 11.3 Å². The third-order valence-corrected chi connectivity index (χ3v) is 4.81. The van der Waals surface area contributed by atoms with E-state index in [0.29, 0.717) is 0 Å². The molecule has 2 nitrogen and oxygen atoms in total. The molecule has 0 aliphatic carbocycles. The van der Waals surface area contributed by atoms with Gasteiger partial charge in [0.1, 0.15) is 0 Å². The normalized spacial score (nSPS) is 12.7. The van der Waals surface area contributed by atoms with Crippen molar-refractivity contribution in [2.45, 2.75) is 12.8 Å². The molecule has 3 rings (SSSR count). The summed E-state index contributed by atoms with van der Waals surface area (Å²) in [4.78, 5) is 4.64. The topological polar surface area (TPSA) is 33.1 Å². The first-order valence-electron chi connectivity index (χ1n) is 6.94. The first-order chi connectivity index (χ1) is 10.2. The Morgan fingerprint density at radius 1 is 1.05 bits per heavy atom. The van der Waals surface area contributed by atoms with Crippen LogP contribution < -0.4 is 0 Å². The fourth-order valence-corrected chi connectivity index (χ4v) is 3.62. The molecule has 1 aromatic heterocycles. The lowest BCUT2D eigenvalue weighted by molar-refractivity contribution is 0.225.